The Morgan fingerprint density at radius 1 is 1.16 bits per heavy atom. The summed E-state index contributed by atoms with van der Waals surface area (Å²) in [6.45, 7) is 4.01. The minimum Gasteiger partial charge on any atom is -0.397 e. The van der Waals surface area contributed by atoms with Crippen molar-refractivity contribution in [3.63, 3.8) is 0 Å². The Morgan fingerprint density at radius 2 is 1.72 bits per heavy atom. The highest BCUT2D eigenvalue weighted by Gasteiger charge is 2.40. The lowest BCUT2D eigenvalue weighted by molar-refractivity contribution is -0.0590. The Hall–Kier alpha value is -1.61. The zero-order valence-electron chi connectivity index (χ0n) is 14.2. The second-order valence-corrected chi connectivity index (χ2v) is 8.24. The number of aryl methyl sites for hydroxylation is 2. The third-order valence-electron chi connectivity index (χ3n) is 4.25. The van der Waals surface area contributed by atoms with Crippen LogP contribution < -0.4 is 5.73 Å². The van der Waals surface area contributed by atoms with E-state index in [1.807, 2.05) is 0 Å². The minimum atomic E-state index is -4.85. The highest BCUT2D eigenvalue weighted by atomic mass is 32.2. The number of nitrogen functional groups attached to an aromatic ring is 1. The lowest BCUT2D eigenvalue weighted by Gasteiger charge is -2.26. The van der Waals surface area contributed by atoms with Gasteiger partial charge in [0.05, 0.1) is 11.4 Å². The van der Waals surface area contributed by atoms with E-state index in [1.165, 1.54) is 12.1 Å². The smallest absolute Gasteiger partial charge is 0.397 e. The third-order valence-corrected chi connectivity index (χ3v) is 6.04. The van der Waals surface area contributed by atoms with E-state index in [4.69, 9.17) is 5.73 Å². The molecule has 1 aromatic carbocycles. The predicted molar refractivity (Wildman–Crippen MR) is 92.7 cm³/mol. The SMILES string of the molecule is Cc1cc(N)c(N=C(CS(=O)(=O)N2CCCCC2)C(F)(F)F)cc1C. The fraction of sp³-hybridized carbons (Fsp3) is 0.562. The van der Waals surface area contributed by atoms with Crippen LogP contribution in [0.2, 0.25) is 0 Å². The maximum Gasteiger partial charge on any atom is 0.430 e. The monoisotopic (exact) mass is 377 g/mol. The number of alkyl halides is 3. The van der Waals surface area contributed by atoms with Crippen LogP contribution in [-0.4, -0.2) is 43.5 Å². The number of nitrogens with zero attached hydrogens (tertiary/aromatic N) is 2. The Kier molecular flexibility index (Phi) is 5.78. The predicted octanol–water partition coefficient (Wildman–Crippen LogP) is 3.34. The van der Waals surface area contributed by atoms with Crippen LogP contribution in [-0.2, 0) is 10.0 Å². The molecule has 1 saturated heterocycles. The Morgan fingerprint density at radius 3 is 2.28 bits per heavy atom. The molecule has 0 saturated carbocycles. The van der Waals surface area contributed by atoms with Crippen LogP contribution in [0.1, 0.15) is 30.4 Å². The van der Waals surface area contributed by atoms with Crippen LogP contribution in [0.25, 0.3) is 0 Å². The van der Waals surface area contributed by atoms with E-state index in [1.54, 1.807) is 13.8 Å². The first kappa shape index (κ1) is 19.7. The molecule has 140 valence electrons. The molecule has 0 spiro atoms. The minimum absolute atomic E-state index is 0.0655. The van der Waals surface area contributed by atoms with E-state index in [0.29, 0.717) is 12.8 Å². The number of piperidine rings is 1. The number of hydrogen-bond donors (Lipinski definition) is 1. The van der Waals surface area contributed by atoms with E-state index in [2.05, 4.69) is 4.99 Å². The van der Waals surface area contributed by atoms with Gasteiger partial charge in [-0.3, -0.25) is 0 Å². The number of sulfonamides is 1. The van der Waals surface area contributed by atoms with Crippen molar-refractivity contribution in [2.24, 2.45) is 4.99 Å². The highest BCUT2D eigenvalue weighted by molar-refractivity contribution is 7.89. The molecule has 0 bridgehead atoms. The van der Waals surface area contributed by atoms with E-state index < -0.39 is 27.7 Å². The van der Waals surface area contributed by atoms with Crippen LogP contribution in [0.15, 0.2) is 17.1 Å². The molecule has 5 nitrogen and oxygen atoms in total. The van der Waals surface area contributed by atoms with Crippen molar-refractivity contribution < 1.29 is 21.6 Å². The molecule has 1 aromatic rings. The van der Waals surface area contributed by atoms with Gasteiger partial charge in [-0.1, -0.05) is 6.42 Å². The van der Waals surface area contributed by atoms with Gasteiger partial charge in [-0.2, -0.15) is 13.2 Å². The lowest BCUT2D eigenvalue weighted by Crippen LogP contribution is -2.41. The number of hydrogen-bond acceptors (Lipinski definition) is 4. The van der Waals surface area contributed by atoms with Gasteiger partial charge in [0.2, 0.25) is 10.0 Å². The summed E-state index contributed by atoms with van der Waals surface area (Å²) in [4.78, 5) is 3.57. The van der Waals surface area contributed by atoms with Crippen LogP contribution in [0.4, 0.5) is 24.5 Å². The average molecular weight is 377 g/mol. The zero-order chi connectivity index (χ0) is 18.8. The van der Waals surface area contributed by atoms with Gasteiger partial charge in [0.25, 0.3) is 0 Å². The van der Waals surface area contributed by atoms with Gasteiger partial charge in [-0.05, 0) is 49.9 Å². The third kappa shape index (κ3) is 4.94. The van der Waals surface area contributed by atoms with Gasteiger partial charge in [-0.25, -0.2) is 17.7 Å². The van der Waals surface area contributed by atoms with Crippen molar-refractivity contribution in [1.82, 2.24) is 4.31 Å². The molecular weight excluding hydrogens is 355 g/mol. The molecule has 0 aromatic heterocycles. The molecule has 1 fully saturated rings. The Balaban J connectivity index is 2.39. The van der Waals surface area contributed by atoms with Gasteiger partial charge in [0.1, 0.15) is 11.5 Å². The van der Waals surface area contributed by atoms with E-state index in [-0.39, 0.29) is 24.5 Å². The first-order valence-electron chi connectivity index (χ1n) is 8.00. The standard InChI is InChI=1S/C16H22F3N3O2S/c1-11-8-13(20)14(9-12(11)2)21-15(16(17,18)19)10-25(23,24)22-6-4-3-5-7-22/h8-9H,3-7,10,20H2,1-2H3. The summed E-state index contributed by atoms with van der Waals surface area (Å²) in [6, 6.07) is 2.96. The molecule has 0 radical (unpaired) electrons. The van der Waals surface area contributed by atoms with Gasteiger partial charge in [-0.15, -0.1) is 0 Å². The number of rotatable bonds is 4. The second kappa shape index (κ2) is 7.33. The number of aliphatic imine (C=N–C) groups is 1. The van der Waals surface area contributed by atoms with Gasteiger partial charge in [0.15, 0.2) is 0 Å². The largest absolute Gasteiger partial charge is 0.430 e. The number of benzene rings is 1. The molecule has 0 atom stereocenters. The zero-order valence-corrected chi connectivity index (χ0v) is 15.0. The van der Waals surface area contributed by atoms with Crippen LogP contribution in [0.3, 0.4) is 0 Å². The molecule has 1 aliphatic rings. The summed E-state index contributed by atoms with van der Waals surface area (Å²) in [5.74, 6) is -1.18. The highest BCUT2D eigenvalue weighted by Crippen LogP contribution is 2.29. The maximum absolute atomic E-state index is 13.4. The maximum atomic E-state index is 13.4. The quantitative estimate of drug-likeness (QED) is 0.646. The first-order valence-corrected chi connectivity index (χ1v) is 9.61. The van der Waals surface area contributed by atoms with Crippen LogP contribution in [0, 0.1) is 13.8 Å². The number of halogens is 3. The van der Waals surface area contributed by atoms with Crippen molar-refractivity contribution in [1.29, 1.82) is 0 Å². The molecule has 25 heavy (non-hydrogen) atoms. The molecule has 1 aliphatic heterocycles. The summed E-state index contributed by atoms with van der Waals surface area (Å²) in [6.07, 6.45) is -2.66. The van der Waals surface area contributed by atoms with Crippen molar-refractivity contribution >= 4 is 27.1 Å². The normalized spacial score (nSPS) is 17.7. The summed E-state index contributed by atoms with van der Waals surface area (Å²) < 4.78 is 65.9. The Labute approximate surface area is 145 Å². The summed E-state index contributed by atoms with van der Waals surface area (Å²) >= 11 is 0. The van der Waals surface area contributed by atoms with E-state index in [9.17, 15) is 21.6 Å². The molecule has 2 N–H and O–H groups in total. The van der Waals surface area contributed by atoms with Crippen molar-refractivity contribution in [2.45, 2.75) is 39.3 Å². The molecule has 0 unspecified atom stereocenters. The van der Waals surface area contributed by atoms with Crippen molar-refractivity contribution in [3.05, 3.63) is 23.3 Å². The first-order chi connectivity index (χ1) is 11.5. The topological polar surface area (TPSA) is 75.8 Å². The fourth-order valence-corrected chi connectivity index (χ4v) is 4.22. The Bertz CT molecular complexity index is 768. The number of anilines is 1. The summed E-state index contributed by atoms with van der Waals surface area (Å²) in [7, 11) is -4.08. The van der Waals surface area contributed by atoms with Crippen LogP contribution in [0.5, 0.6) is 0 Å². The fourth-order valence-electron chi connectivity index (χ4n) is 2.65. The summed E-state index contributed by atoms with van der Waals surface area (Å²) in [5.41, 5.74) is 5.97. The van der Waals surface area contributed by atoms with Gasteiger partial charge < -0.3 is 5.73 Å². The molecule has 0 aliphatic carbocycles. The molecule has 2 rings (SSSR count). The molecule has 1 heterocycles. The van der Waals surface area contributed by atoms with Gasteiger partial charge in [0, 0.05) is 13.1 Å². The second-order valence-electron chi connectivity index (χ2n) is 6.27. The lowest BCUT2D eigenvalue weighted by atomic mass is 10.1. The van der Waals surface area contributed by atoms with Crippen molar-refractivity contribution in [2.75, 3.05) is 24.6 Å². The average Bonchev–Trinajstić information content (AvgIpc) is 2.51. The molecule has 9 heteroatoms. The van der Waals surface area contributed by atoms with E-state index >= 15 is 0 Å². The van der Waals surface area contributed by atoms with Gasteiger partial charge >= 0.3 is 6.18 Å². The number of nitrogens with two attached hydrogens (primary N) is 1. The van der Waals surface area contributed by atoms with Crippen molar-refractivity contribution in [3.8, 4) is 0 Å². The van der Waals surface area contributed by atoms with E-state index in [0.717, 1.165) is 21.9 Å². The summed E-state index contributed by atoms with van der Waals surface area (Å²) in [5, 5.41) is 0. The van der Waals surface area contributed by atoms with Crippen LogP contribution >= 0.6 is 0 Å². The molecule has 0 amide bonds. The molecular formula is C16H22F3N3O2S.